The van der Waals surface area contributed by atoms with Crippen molar-refractivity contribution in [2.24, 2.45) is 0 Å². The van der Waals surface area contributed by atoms with Gasteiger partial charge >= 0.3 is 0 Å². The summed E-state index contributed by atoms with van der Waals surface area (Å²) in [6, 6.07) is 17.4. The Labute approximate surface area is 151 Å². The number of anilines is 2. The zero-order chi connectivity index (χ0) is 18.3. The van der Waals surface area contributed by atoms with Gasteiger partial charge in [0.05, 0.1) is 17.7 Å². The van der Waals surface area contributed by atoms with Gasteiger partial charge in [-0.1, -0.05) is 30.3 Å². The van der Waals surface area contributed by atoms with Crippen molar-refractivity contribution in [1.82, 2.24) is 0 Å². The van der Waals surface area contributed by atoms with E-state index in [9.17, 15) is 13.2 Å². The third-order valence-corrected chi connectivity index (χ3v) is 6.12. The fourth-order valence-electron chi connectivity index (χ4n) is 3.16. The highest BCUT2D eigenvalue weighted by molar-refractivity contribution is 7.93. The summed E-state index contributed by atoms with van der Waals surface area (Å²) in [4.78, 5) is 12.7. The number of carbonyl (C=O) groups excluding carboxylic acids is 1. The number of methoxy groups -OCH3 is 1. The summed E-state index contributed by atoms with van der Waals surface area (Å²) in [7, 11) is -2.21. The molecule has 0 aliphatic carbocycles. The van der Waals surface area contributed by atoms with Gasteiger partial charge in [-0.3, -0.25) is 9.10 Å². The maximum Gasteiger partial charge on any atom is 0.265 e. The van der Waals surface area contributed by atoms with E-state index in [0.29, 0.717) is 22.5 Å². The molecule has 0 unspecified atom stereocenters. The number of hydrogen-bond donors (Lipinski definition) is 1. The van der Waals surface area contributed by atoms with Crippen molar-refractivity contribution in [3.8, 4) is 5.75 Å². The van der Waals surface area contributed by atoms with Crippen LogP contribution in [0.2, 0.25) is 0 Å². The van der Waals surface area contributed by atoms with Crippen LogP contribution >= 0.6 is 0 Å². The van der Waals surface area contributed by atoms with E-state index in [1.165, 1.54) is 7.11 Å². The predicted octanol–water partition coefficient (Wildman–Crippen LogP) is 3.00. The number of carbonyl (C=O) groups is 1. The molecule has 0 saturated carbocycles. The molecule has 3 aromatic carbocycles. The molecule has 0 saturated heterocycles. The minimum Gasteiger partial charge on any atom is -0.497 e. The van der Waals surface area contributed by atoms with Crippen LogP contribution in [0.5, 0.6) is 5.75 Å². The van der Waals surface area contributed by atoms with Crippen LogP contribution in [0.4, 0.5) is 11.4 Å². The first kappa shape index (κ1) is 16.4. The molecular weight excluding hydrogens is 352 g/mol. The summed E-state index contributed by atoms with van der Waals surface area (Å²) in [6.07, 6.45) is 0. The maximum absolute atomic E-state index is 12.9. The molecule has 4 rings (SSSR count). The van der Waals surface area contributed by atoms with Crippen molar-refractivity contribution in [3.63, 3.8) is 0 Å². The highest BCUT2D eigenvalue weighted by atomic mass is 32.2. The fraction of sp³-hybridized carbons (Fsp3) is 0.105. The quantitative estimate of drug-likeness (QED) is 0.768. The molecule has 0 spiro atoms. The van der Waals surface area contributed by atoms with Gasteiger partial charge in [-0.25, -0.2) is 8.42 Å². The Morgan fingerprint density at radius 2 is 1.81 bits per heavy atom. The third kappa shape index (κ3) is 2.57. The highest BCUT2D eigenvalue weighted by Crippen LogP contribution is 2.41. The van der Waals surface area contributed by atoms with Crippen molar-refractivity contribution in [1.29, 1.82) is 0 Å². The number of ether oxygens (including phenoxy) is 1. The molecule has 1 aliphatic rings. The molecule has 0 fully saturated rings. The number of amides is 1. The van der Waals surface area contributed by atoms with Crippen molar-refractivity contribution < 1.29 is 17.9 Å². The minimum atomic E-state index is -3.75. The zero-order valence-electron chi connectivity index (χ0n) is 14.0. The van der Waals surface area contributed by atoms with Gasteiger partial charge in [0, 0.05) is 17.1 Å². The van der Waals surface area contributed by atoms with E-state index in [-0.39, 0.29) is 11.4 Å². The summed E-state index contributed by atoms with van der Waals surface area (Å²) in [5, 5.41) is 4.20. The SMILES string of the molecule is COc1cccc(NC(=O)CN2c3cccc4cccc(c34)S2(=O)=O)c1. The molecule has 1 heterocycles. The summed E-state index contributed by atoms with van der Waals surface area (Å²) in [5.41, 5.74) is 1.07. The first-order valence-corrected chi connectivity index (χ1v) is 9.43. The topological polar surface area (TPSA) is 75.7 Å². The molecule has 7 heteroatoms. The van der Waals surface area contributed by atoms with E-state index in [1.54, 1.807) is 48.5 Å². The van der Waals surface area contributed by atoms with Crippen LogP contribution in [0, 0.1) is 0 Å². The van der Waals surface area contributed by atoms with Gasteiger partial charge in [-0.2, -0.15) is 0 Å². The normalized spacial score (nSPS) is 14.4. The molecule has 132 valence electrons. The van der Waals surface area contributed by atoms with E-state index >= 15 is 0 Å². The number of nitrogens with zero attached hydrogens (tertiary/aromatic N) is 1. The van der Waals surface area contributed by atoms with Gasteiger partial charge in [-0.15, -0.1) is 0 Å². The molecule has 0 radical (unpaired) electrons. The molecule has 1 N–H and O–H groups in total. The van der Waals surface area contributed by atoms with Gasteiger partial charge in [0.1, 0.15) is 12.3 Å². The highest BCUT2D eigenvalue weighted by Gasteiger charge is 2.36. The number of rotatable bonds is 4. The average molecular weight is 368 g/mol. The maximum atomic E-state index is 12.9. The van der Waals surface area contributed by atoms with E-state index in [2.05, 4.69) is 5.32 Å². The van der Waals surface area contributed by atoms with Crippen LogP contribution in [0.15, 0.2) is 65.6 Å². The lowest BCUT2D eigenvalue weighted by Crippen LogP contribution is -2.35. The Morgan fingerprint density at radius 3 is 2.58 bits per heavy atom. The number of hydrogen-bond acceptors (Lipinski definition) is 4. The second kappa shape index (κ2) is 6.03. The Bertz CT molecular complexity index is 1120. The van der Waals surface area contributed by atoms with Crippen LogP contribution in [0.1, 0.15) is 0 Å². The summed E-state index contributed by atoms with van der Waals surface area (Å²) >= 11 is 0. The lowest BCUT2D eigenvalue weighted by Gasteiger charge is -2.18. The zero-order valence-corrected chi connectivity index (χ0v) is 14.8. The molecule has 1 amide bonds. The summed E-state index contributed by atoms with van der Waals surface area (Å²) in [5.74, 6) is 0.181. The van der Waals surface area contributed by atoms with Crippen molar-refractivity contribution in [2.75, 3.05) is 23.3 Å². The van der Waals surface area contributed by atoms with Crippen LogP contribution in [-0.4, -0.2) is 28.0 Å². The molecule has 6 nitrogen and oxygen atoms in total. The van der Waals surface area contributed by atoms with Crippen LogP contribution in [-0.2, 0) is 14.8 Å². The van der Waals surface area contributed by atoms with E-state index in [0.717, 1.165) is 9.69 Å². The number of nitrogens with one attached hydrogen (secondary N) is 1. The molecule has 0 aromatic heterocycles. The molecule has 1 aliphatic heterocycles. The van der Waals surface area contributed by atoms with E-state index in [1.807, 2.05) is 12.1 Å². The standard InChI is InChI=1S/C19H16N2O4S/c1-25-15-8-4-7-14(11-15)20-18(22)12-21-16-9-2-5-13-6-3-10-17(19(13)16)26(21,23)24/h2-11H,12H2,1H3,(H,20,22). The average Bonchev–Trinajstić information content (AvgIpc) is 2.85. The van der Waals surface area contributed by atoms with Crippen molar-refractivity contribution in [3.05, 3.63) is 60.7 Å². The lowest BCUT2D eigenvalue weighted by molar-refractivity contribution is -0.114. The summed E-state index contributed by atoms with van der Waals surface area (Å²) in [6.45, 7) is -0.298. The largest absolute Gasteiger partial charge is 0.497 e. The number of benzene rings is 3. The van der Waals surface area contributed by atoms with Gasteiger partial charge in [0.2, 0.25) is 5.91 Å². The molecular formula is C19H16N2O4S. The Morgan fingerprint density at radius 1 is 1.08 bits per heavy atom. The van der Waals surface area contributed by atoms with Crippen LogP contribution < -0.4 is 14.4 Å². The Balaban J connectivity index is 1.65. The minimum absolute atomic E-state index is 0.236. The Hall–Kier alpha value is -3.06. The second-order valence-electron chi connectivity index (χ2n) is 5.92. The first-order valence-electron chi connectivity index (χ1n) is 7.99. The monoisotopic (exact) mass is 368 g/mol. The second-order valence-corrected chi connectivity index (χ2v) is 7.75. The van der Waals surface area contributed by atoms with Gasteiger partial charge in [-0.05, 0) is 29.7 Å². The van der Waals surface area contributed by atoms with Crippen LogP contribution in [0.25, 0.3) is 10.8 Å². The molecule has 3 aromatic rings. The van der Waals surface area contributed by atoms with Gasteiger partial charge in [0.25, 0.3) is 10.0 Å². The first-order chi connectivity index (χ1) is 12.5. The molecule has 26 heavy (non-hydrogen) atoms. The van der Waals surface area contributed by atoms with Gasteiger partial charge in [0.15, 0.2) is 0 Å². The summed E-state index contributed by atoms with van der Waals surface area (Å²) < 4.78 is 32.0. The van der Waals surface area contributed by atoms with Gasteiger partial charge < -0.3 is 10.1 Å². The smallest absolute Gasteiger partial charge is 0.265 e. The molecule has 0 atom stereocenters. The van der Waals surface area contributed by atoms with Crippen molar-refractivity contribution >= 4 is 38.1 Å². The van der Waals surface area contributed by atoms with E-state index < -0.39 is 15.9 Å². The van der Waals surface area contributed by atoms with Crippen LogP contribution in [0.3, 0.4) is 0 Å². The third-order valence-electron chi connectivity index (χ3n) is 4.32. The fourth-order valence-corrected chi connectivity index (χ4v) is 4.83. The number of sulfonamides is 1. The van der Waals surface area contributed by atoms with Crippen molar-refractivity contribution in [2.45, 2.75) is 4.90 Å². The predicted molar refractivity (Wildman–Crippen MR) is 100 cm³/mol. The van der Waals surface area contributed by atoms with E-state index in [4.69, 9.17) is 4.74 Å². The molecule has 0 bridgehead atoms. The Kier molecular flexibility index (Phi) is 3.81. The lowest BCUT2D eigenvalue weighted by atomic mass is 10.1.